The Bertz CT molecular complexity index is 818. The van der Waals surface area contributed by atoms with Crippen LogP contribution in [-0.2, 0) is 17.8 Å². The number of benzene rings is 1. The van der Waals surface area contributed by atoms with Gasteiger partial charge in [-0.3, -0.25) is 0 Å². The van der Waals surface area contributed by atoms with Crippen LogP contribution in [0, 0.1) is 0 Å². The molecule has 8 heteroatoms. The van der Waals surface area contributed by atoms with Crippen LogP contribution in [0.15, 0.2) is 30.3 Å². The van der Waals surface area contributed by atoms with Crippen LogP contribution in [0.25, 0.3) is 0 Å². The van der Waals surface area contributed by atoms with E-state index in [2.05, 4.69) is 10.3 Å². The maximum absolute atomic E-state index is 11.8. The molecule has 0 saturated heterocycles. The highest BCUT2D eigenvalue weighted by Gasteiger charge is 2.18. The van der Waals surface area contributed by atoms with Gasteiger partial charge in [0.25, 0.3) is 0 Å². The first-order valence-electron chi connectivity index (χ1n) is 8.76. The number of nitrogens with zero attached hydrogens (tertiary/aromatic N) is 1. The maximum Gasteiger partial charge on any atom is 0.407 e. The minimum atomic E-state index is -0.547. The summed E-state index contributed by atoms with van der Waals surface area (Å²) in [5, 5.41) is 4.05. The maximum atomic E-state index is 11.8. The van der Waals surface area contributed by atoms with Gasteiger partial charge in [-0.05, 0) is 52.0 Å². The number of pyridine rings is 1. The minimum Gasteiger partial charge on any atom is -0.486 e. The van der Waals surface area contributed by atoms with Gasteiger partial charge in [-0.1, -0.05) is 40.9 Å². The van der Waals surface area contributed by atoms with E-state index in [0.29, 0.717) is 27.8 Å². The number of carbonyl (C=O) groups excluding carboxylic acids is 1. The summed E-state index contributed by atoms with van der Waals surface area (Å²) in [5.74, 6) is 0.425. The lowest BCUT2D eigenvalue weighted by atomic mass is 10.1. The normalized spacial score (nSPS) is 12.4. The number of ether oxygens (including phenoxy) is 2. The highest BCUT2D eigenvalue weighted by molar-refractivity contribution is 6.36. The molecule has 1 N–H and O–H groups in total. The Morgan fingerprint density at radius 1 is 1.14 bits per heavy atom. The number of aromatic nitrogens is 1. The van der Waals surface area contributed by atoms with Crippen molar-refractivity contribution in [2.45, 2.75) is 52.4 Å². The quantitative estimate of drug-likeness (QED) is 0.548. The van der Waals surface area contributed by atoms with Crippen LogP contribution in [-0.4, -0.2) is 22.7 Å². The summed E-state index contributed by atoms with van der Waals surface area (Å²) in [6, 6.07) is 8.61. The van der Waals surface area contributed by atoms with E-state index in [9.17, 15) is 4.79 Å². The molecular weight excluding hydrogens is 423 g/mol. The first-order chi connectivity index (χ1) is 13.0. The van der Waals surface area contributed by atoms with Crippen molar-refractivity contribution in [3.05, 3.63) is 56.8 Å². The van der Waals surface area contributed by atoms with Gasteiger partial charge in [0.2, 0.25) is 0 Å². The lowest BCUT2D eigenvalue weighted by Crippen LogP contribution is -2.38. The number of hydrogen-bond acceptors (Lipinski definition) is 4. The van der Waals surface area contributed by atoms with Crippen LogP contribution in [0.4, 0.5) is 4.79 Å². The van der Waals surface area contributed by atoms with Crippen LogP contribution in [0.5, 0.6) is 5.75 Å². The third-order valence-electron chi connectivity index (χ3n) is 3.58. The van der Waals surface area contributed by atoms with Crippen molar-refractivity contribution < 1.29 is 14.3 Å². The molecule has 2 aromatic rings. The molecule has 1 aromatic carbocycles. The summed E-state index contributed by atoms with van der Waals surface area (Å²) in [7, 11) is 0. The molecule has 0 aliphatic rings. The smallest absolute Gasteiger partial charge is 0.407 e. The molecule has 28 heavy (non-hydrogen) atoms. The van der Waals surface area contributed by atoms with Crippen LogP contribution in [0.1, 0.15) is 39.0 Å². The van der Waals surface area contributed by atoms with E-state index < -0.39 is 11.7 Å². The lowest BCUT2D eigenvalue weighted by molar-refractivity contribution is 0.0508. The van der Waals surface area contributed by atoms with Gasteiger partial charge in [0.15, 0.2) is 10.9 Å². The number of rotatable bonds is 6. The Morgan fingerprint density at radius 2 is 1.79 bits per heavy atom. The largest absolute Gasteiger partial charge is 0.486 e. The average molecular weight is 446 g/mol. The minimum absolute atomic E-state index is 0.174. The number of alkyl carbamates (subject to hydrolysis) is 1. The highest BCUT2D eigenvalue weighted by atomic mass is 35.5. The first-order valence-corrected chi connectivity index (χ1v) is 9.89. The van der Waals surface area contributed by atoms with Gasteiger partial charge < -0.3 is 14.8 Å². The van der Waals surface area contributed by atoms with Crippen molar-refractivity contribution >= 4 is 40.9 Å². The molecule has 0 unspecified atom stereocenters. The Morgan fingerprint density at radius 3 is 2.36 bits per heavy atom. The summed E-state index contributed by atoms with van der Waals surface area (Å²) < 4.78 is 11.0. The van der Waals surface area contributed by atoms with E-state index in [1.165, 1.54) is 0 Å². The summed E-state index contributed by atoms with van der Waals surface area (Å²) >= 11 is 18.5. The summed E-state index contributed by atoms with van der Waals surface area (Å²) in [5.41, 5.74) is 0.854. The van der Waals surface area contributed by atoms with E-state index in [-0.39, 0.29) is 17.8 Å². The molecule has 1 heterocycles. The number of hydrogen-bond donors (Lipinski definition) is 1. The summed E-state index contributed by atoms with van der Waals surface area (Å²) in [6.45, 7) is 7.48. The van der Waals surface area contributed by atoms with Crippen LogP contribution in [0.2, 0.25) is 15.2 Å². The fraction of sp³-hybridized carbons (Fsp3) is 0.400. The molecule has 1 aromatic heterocycles. The zero-order valence-corrected chi connectivity index (χ0v) is 18.5. The van der Waals surface area contributed by atoms with Gasteiger partial charge in [-0.2, -0.15) is 0 Å². The van der Waals surface area contributed by atoms with E-state index in [4.69, 9.17) is 44.3 Å². The Kier molecular flexibility index (Phi) is 7.81. The molecule has 0 fully saturated rings. The Hall–Kier alpha value is -1.69. The van der Waals surface area contributed by atoms with Gasteiger partial charge >= 0.3 is 6.09 Å². The fourth-order valence-electron chi connectivity index (χ4n) is 2.37. The van der Waals surface area contributed by atoms with Crippen molar-refractivity contribution in [2.75, 3.05) is 0 Å². The van der Waals surface area contributed by atoms with Gasteiger partial charge in [-0.25, -0.2) is 9.78 Å². The molecule has 0 spiro atoms. The molecule has 0 aliphatic carbocycles. The zero-order chi connectivity index (χ0) is 20.9. The lowest BCUT2D eigenvalue weighted by Gasteiger charge is -2.22. The van der Waals surface area contributed by atoms with Gasteiger partial charge in [-0.15, -0.1) is 0 Å². The van der Waals surface area contributed by atoms with E-state index in [1.54, 1.807) is 30.3 Å². The highest BCUT2D eigenvalue weighted by Crippen LogP contribution is 2.28. The van der Waals surface area contributed by atoms with Crippen molar-refractivity contribution in [3.8, 4) is 5.75 Å². The third-order valence-corrected chi connectivity index (χ3v) is 4.56. The zero-order valence-electron chi connectivity index (χ0n) is 16.2. The first kappa shape index (κ1) is 22.6. The molecule has 152 valence electrons. The molecule has 0 bridgehead atoms. The Balaban J connectivity index is 1.95. The van der Waals surface area contributed by atoms with Crippen molar-refractivity contribution in [1.29, 1.82) is 0 Å². The molecule has 0 saturated carbocycles. The molecule has 0 radical (unpaired) electrons. The second kappa shape index (κ2) is 9.68. The molecule has 5 nitrogen and oxygen atoms in total. The number of amides is 1. The topological polar surface area (TPSA) is 60.5 Å². The van der Waals surface area contributed by atoms with Crippen LogP contribution < -0.4 is 10.1 Å². The van der Waals surface area contributed by atoms with Crippen molar-refractivity contribution in [3.63, 3.8) is 0 Å². The van der Waals surface area contributed by atoms with Gasteiger partial charge in [0.05, 0.1) is 0 Å². The number of halogens is 3. The van der Waals surface area contributed by atoms with Gasteiger partial charge in [0.1, 0.15) is 12.2 Å². The Labute approximate surface area is 180 Å². The van der Waals surface area contributed by atoms with Crippen molar-refractivity contribution in [1.82, 2.24) is 10.3 Å². The third kappa shape index (κ3) is 7.04. The number of carbonyl (C=O) groups is 1. The molecular formula is C20H23Cl3N2O3. The average Bonchev–Trinajstić information content (AvgIpc) is 2.54. The van der Waals surface area contributed by atoms with Gasteiger partial charge in [0, 0.05) is 33.8 Å². The predicted octanol–water partition coefficient (Wildman–Crippen LogP) is 6.08. The standard InChI is InChI=1S/C20H23Cl3N2O3/c1-12(24-19(26)28-20(2,3)4)10-13-8-9-17(18(23)25-13)27-11-14-15(21)6-5-7-16(14)22/h5-9,12H,10-11H2,1-4H3,(H,24,26)/t12-/m1/s1. The molecule has 1 amide bonds. The van der Waals surface area contributed by atoms with E-state index in [1.807, 2.05) is 27.7 Å². The van der Waals surface area contributed by atoms with E-state index >= 15 is 0 Å². The van der Waals surface area contributed by atoms with Crippen LogP contribution >= 0.6 is 34.8 Å². The van der Waals surface area contributed by atoms with Crippen molar-refractivity contribution in [2.24, 2.45) is 0 Å². The summed E-state index contributed by atoms with van der Waals surface area (Å²) in [4.78, 5) is 16.2. The molecule has 0 aliphatic heterocycles. The molecule has 2 rings (SSSR count). The SMILES string of the molecule is C[C@H](Cc1ccc(OCc2c(Cl)cccc2Cl)c(Cl)n1)NC(=O)OC(C)(C)C. The van der Waals surface area contributed by atoms with Crippen LogP contribution in [0.3, 0.4) is 0 Å². The second-order valence-corrected chi connectivity index (χ2v) is 8.50. The number of nitrogens with one attached hydrogen (secondary N) is 1. The monoisotopic (exact) mass is 444 g/mol. The summed E-state index contributed by atoms with van der Waals surface area (Å²) in [6.07, 6.45) is 0.0259. The fourth-order valence-corrected chi connectivity index (χ4v) is 3.11. The van der Waals surface area contributed by atoms with E-state index in [0.717, 1.165) is 5.69 Å². The second-order valence-electron chi connectivity index (χ2n) is 7.33. The molecule has 1 atom stereocenters. The predicted molar refractivity (Wildman–Crippen MR) is 113 cm³/mol.